The fourth-order valence-electron chi connectivity index (χ4n) is 2.05. The van der Waals surface area contributed by atoms with Gasteiger partial charge in [0, 0.05) is 26.3 Å². The van der Waals surface area contributed by atoms with Gasteiger partial charge < -0.3 is 10.2 Å². The maximum atomic E-state index is 4.48. The van der Waals surface area contributed by atoms with Crippen molar-refractivity contribution in [2.45, 2.75) is 33.2 Å². The summed E-state index contributed by atoms with van der Waals surface area (Å²) in [5, 5.41) is 3.40. The van der Waals surface area contributed by atoms with E-state index >= 15 is 0 Å². The maximum Gasteiger partial charge on any atom is 0.127 e. The van der Waals surface area contributed by atoms with Crippen molar-refractivity contribution >= 4 is 5.82 Å². The Labute approximate surface area is 105 Å². The minimum absolute atomic E-state index is 0.232. The molecule has 1 aromatic rings. The van der Waals surface area contributed by atoms with Crippen LogP contribution in [0, 0.1) is 5.41 Å². The second kappa shape index (κ2) is 5.50. The SMILES string of the molecule is CCC(C)(C)C(NC)c1ccc(N(C)C)nc1. The summed E-state index contributed by atoms with van der Waals surface area (Å²) in [5.74, 6) is 0.998. The van der Waals surface area contributed by atoms with E-state index in [1.807, 2.05) is 32.2 Å². The Balaban J connectivity index is 2.98. The first kappa shape index (κ1) is 14.0. The van der Waals surface area contributed by atoms with E-state index in [4.69, 9.17) is 0 Å². The summed E-state index contributed by atoms with van der Waals surface area (Å²) in [6.07, 6.45) is 3.11. The third-order valence-electron chi connectivity index (χ3n) is 3.54. The molecule has 96 valence electrons. The summed E-state index contributed by atoms with van der Waals surface area (Å²) in [6, 6.07) is 4.59. The van der Waals surface area contributed by atoms with Crippen molar-refractivity contribution in [2.75, 3.05) is 26.0 Å². The van der Waals surface area contributed by atoms with Gasteiger partial charge in [-0.25, -0.2) is 4.98 Å². The molecule has 1 aromatic heterocycles. The van der Waals surface area contributed by atoms with E-state index in [2.05, 4.69) is 43.2 Å². The largest absolute Gasteiger partial charge is 0.363 e. The number of anilines is 1. The molecule has 0 aliphatic heterocycles. The minimum Gasteiger partial charge on any atom is -0.363 e. The van der Waals surface area contributed by atoms with Crippen molar-refractivity contribution in [3.8, 4) is 0 Å². The Hall–Kier alpha value is -1.09. The summed E-state index contributed by atoms with van der Waals surface area (Å²) >= 11 is 0. The molecule has 1 atom stereocenters. The van der Waals surface area contributed by atoms with Crippen LogP contribution in [0.4, 0.5) is 5.82 Å². The number of pyridine rings is 1. The zero-order valence-corrected chi connectivity index (χ0v) is 11.9. The zero-order valence-electron chi connectivity index (χ0n) is 11.9. The number of hydrogen-bond donors (Lipinski definition) is 1. The molecule has 1 unspecified atom stereocenters. The summed E-state index contributed by atoms with van der Waals surface area (Å²) in [4.78, 5) is 6.50. The van der Waals surface area contributed by atoms with E-state index in [-0.39, 0.29) is 5.41 Å². The van der Waals surface area contributed by atoms with E-state index in [1.54, 1.807) is 0 Å². The topological polar surface area (TPSA) is 28.2 Å². The molecule has 1 heterocycles. The Bertz CT molecular complexity index is 341. The second-order valence-electron chi connectivity index (χ2n) is 5.41. The lowest BCUT2D eigenvalue weighted by molar-refractivity contribution is 0.245. The highest BCUT2D eigenvalue weighted by atomic mass is 15.1. The van der Waals surface area contributed by atoms with Crippen LogP contribution in [0.5, 0.6) is 0 Å². The molecule has 0 radical (unpaired) electrons. The molecule has 0 aliphatic rings. The van der Waals surface area contributed by atoms with Gasteiger partial charge in [-0.3, -0.25) is 0 Å². The predicted molar refractivity (Wildman–Crippen MR) is 74.4 cm³/mol. The van der Waals surface area contributed by atoms with Crippen LogP contribution in [0.2, 0.25) is 0 Å². The van der Waals surface area contributed by atoms with Crippen LogP contribution in [0.15, 0.2) is 18.3 Å². The number of nitrogens with one attached hydrogen (secondary N) is 1. The van der Waals surface area contributed by atoms with Gasteiger partial charge >= 0.3 is 0 Å². The van der Waals surface area contributed by atoms with Gasteiger partial charge in [-0.15, -0.1) is 0 Å². The van der Waals surface area contributed by atoms with Crippen LogP contribution >= 0.6 is 0 Å². The first-order chi connectivity index (χ1) is 7.92. The summed E-state index contributed by atoms with van der Waals surface area (Å²) in [7, 11) is 6.03. The van der Waals surface area contributed by atoms with Gasteiger partial charge in [0.15, 0.2) is 0 Å². The van der Waals surface area contributed by atoms with E-state index in [9.17, 15) is 0 Å². The van der Waals surface area contributed by atoms with Crippen LogP contribution in [0.25, 0.3) is 0 Å². The molecule has 0 amide bonds. The molecule has 0 bridgehead atoms. The highest BCUT2D eigenvalue weighted by Crippen LogP contribution is 2.35. The average molecular weight is 235 g/mol. The lowest BCUT2D eigenvalue weighted by Crippen LogP contribution is -2.31. The van der Waals surface area contributed by atoms with Crippen LogP contribution in [-0.4, -0.2) is 26.1 Å². The standard InChI is InChI=1S/C14H25N3/c1-7-14(2,3)13(15-4)11-8-9-12(16-10-11)17(5)6/h8-10,13,15H,7H2,1-6H3. The van der Waals surface area contributed by atoms with Crippen LogP contribution < -0.4 is 10.2 Å². The third-order valence-corrected chi connectivity index (χ3v) is 3.54. The van der Waals surface area contributed by atoms with Crippen LogP contribution in [0.3, 0.4) is 0 Å². The molecule has 0 aliphatic carbocycles. The van der Waals surface area contributed by atoms with Gasteiger partial charge in [-0.1, -0.05) is 26.8 Å². The Morgan fingerprint density at radius 2 is 2.00 bits per heavy atom. The van der Waals surface area contributed by atoms with Gasteiger partial charge in [0.25, 0.3) is 0 Å². The first-order valence-corrected chi connectivity index (χ1v) is 6.23. The fourth-order valence-corrected chi connectivity index (χ4v) is 2.05. The molecule has 0 aromatic carbocycles. The third kappa shape index (κ3) is 3.19. The van der Waals surface area contributed by atoms with Crippen molar-refractivity contribution in [3.05, 3.63) is 23.9 Å². The van der Waals surface area contributed by atoms with E-state index in [1.165, 1.54) is 5.56 Å². The van der Waals surface area contributed by atoms with Crippen molar-refractivity contribution in [1.29, 1.82) is 0 Å². The molecule has 3 nitrogen and oxygen atoms in total. The van der Waals surface area contributed by atoms with E-state index in [0.29, 0.717) is 6.04 Å². The average Bonchev–Trinajstić information content (AvgIpc) is 2.30. The summed E-state index contributed by atoms with van der Waals surface area (Å²) in [6.45, 7) is 6.80. The van der Waals surface area contributed by atoms with Gasteiger partial charge in [-0.2, -0.15) is 0 Å². The lowest BCUT2D eigenvalue weighted by atomic mass is 9.79. The van der Waals surface area contributed by atoms with Crippen molar-refractivity contribution in [2.24, 2.45) is 5.41 Å². The quantitative estimate of drug-likeness (QED) is 0.850. The van der Waals surface area contributed by atoms with E-state index in [0.717, 1.165) is 12.2 Å². The monoisotopic (exact) mass is 235 g/mol. The van der Waals surface area contributed by atoms with Gasteiger partial charge in [-0.05, 0) is 30.5 Å². The molecule has 0 fully saturated rings. The van der Waals surface area contributed by atoms with Crippen molar-refractivity contribution < 1.29 is 0 Å². The Kier molecular flexibility index (Phi) is 4.52. The number of rotatable bonds is 5. The highest BCUT2D eigenvalue weighted by molar-refractivity contribution is 5.38. The Morgan fingerprint density at radius 1 is 1.35 bits per heavy atom. The molecule has 3 heteroatoms. The number of aromatic nitrogens is 1. The fraction of sp³-hybridized carbons (Fsp3) is 0.643. The first-order valence-electron chi connectivity index (χ1n) is 6.23. The van der Waals surface area contributed by atoms with Crippen LogP contribution in [-0.2, 0) is 0 Å². The molecular formula is C14H25N3. The molecule has 17 heavy (non-hydrogen) atoms. The second-order valence-corrected chi connectivity index (χ2v) is 5.41. The molecular weight excluding hydrogens is 210 g/mol. The zero-order chi connectivity index (χ0) is 13.1. The number of nitrogens with zero attached hydrogens (tertiary/aromatic N) is 2. The van der Waals surface area contributed by atoms with E-state index < -0.39 is 0 Å². The summed E-state index contributed by atoms with van der Waals surface area (Å²) in [5.41, 5.74) is 1.49. The van der Waals surface area contributed by atoms with Gasteiger partial charge in [0.2, 0.25) is 0 Å². The molecule has 0 spiro atoms. The Morgan fingerprint density at radius 3 is 2.35 bits per heavy atom. The lowest BCUT2D eigenvalue weighted by Gasteiger charge is -2.33. The molecule has 0 saturated heterocycles. The minimum atomic E-state index is 0.232. The van der Waals surface area contributed by atoms with Crippen molar-refractivity contribution in [1.82, 2.24) is 10.3 Å². The smallest absolute Gasteiger partial charge is 0.127 e. The van der Waals surface area contributed by atoms with Gasteiger partial charge in [0.1, 0.15) is 5.82 Å². The van der Waals surface area contributed by atoms with Crippen LogP contribution in [0.1, 0.15) is 38.8 Å². The number of hydrogen-bond acceptors (Lipinski definition) is 3. The normalized spacial score (nSPS) is 13.5. The molecule has 1 rings (SSSR count). The maximum absolute atomic E-state index is 4.48. The predicted octanol–water partition coefficient (Wildman–Crippen LogP) is 2.84. The van der Waals surface area contributed by atoms with Gasteiger partial charge in [0.05, 0.1) is 0 Å². The molecule has 1 N–H and O–H groups in total. The summed E-state index contributed by atoms with van der Waals surface area (Å²) < 4.78 is 0. The van der Waals surface area contributed by atoms with Crippen molar-refractivity contribution in [3.63, 3.8) is 0 Å². The molecule has 0 saturated carbocycles. The highest BCUT2D eigenvalue weighted by Gasteiger charge is 2.27.